The van der Waals surface area contributed by atoms with Crippen LogP contribution in [0.4, 0.5) is 0 Å². The standard InChI is InChI=1S/C16H25N/c1-13-4-2-3-5-15(9-6-13)16-10-7-14(12-17)8-11-16/h7-8,10-11,13,15H,2-6,9,12,17H2,1H3. The highest BCUT2D eigenvalue weighted by Crippen LogP contribution is 2.32. The molecule has 2 N–H and O–H groups in total. The van der Waals surface area contributed by atoms with Crippen molar-refractivity contribution >= 4 is 0 Å². The summed E-state index contributed by atoms with van der Waals surface area (Å²) < 4.78 is 0. The molecule has 17 heavy (non-hydrogen) atoms. The highest BCUT2D eigenvalue weighted by Gasteiger charge is 2.16. The molecule has 1 aliphatic rings. The quantitative estimate of drug-likeness (QED) is 0.810. The minimum atomic E-state index is 0.655. The van der Waals surface area contributed by atoms with Crippen molar-refractivity contribution in [2.24, 2.45) is 11.7 Å². The maximum atomic E-state index is 5.64. The SMILES string of the molecule is CC1CCCCC(c2ccc(CN)cc2)CC1. The van der Waals surface area contributed by atoms with Gasteiger partial charge in [0.05, 0.1) is 0 Å². The van der Waals surface area contributed by atoms with E-state index in [1.807, 2.05) is 0 Å². The van der Waals surface area contributed by atoms with Crippen molar-refractivity contribution < 1.29 is 0 Å². The molecule has 2 atom stereocenters. The number of hydrogen-bond acceptors (Lipinski definition) is 1. The lowest BCUT2D eigenvalue weighted by molar-refractivity contribution is 0.376. The first-order valence-electron chi connectivity index (χ1n) is 7.08. The van der Waals surface area contributed by atoms with Gasteiger partial charge >= 0.3 is 0 Å². The van der Waals surface area contributed by atoms with Gasteiger partial charge in [-0.15, -0.1) is 0 Å². The monoisotopic (exact) mass is 231 g/mol. The second kappa shape index (κ2) is 6.20. The van der Waals surface area contributed by atoms with Gasteiger partial charge < -0.3 is 5.73 Å². The van der Waals surface area contributed by atoms with Crippen LogP contribution in [0.5, 0.6) is 0 Å². The molecule has 0 heterocycles. The molecule has 1 nitrogen and oxygen atoms in total. The Labute approximate surface area is 105 Å². The minimum absolute atomic E-state index is 0.655. The predicted molar refractivity (Wildman–Crippen MR) is 73.9 cm³/mol. The van der Waals surface area contributed by atoms with E-state index in [-0.39, 0.29) is 0 Å². The van der Waals surface area contributed by atoms with Crippen molar-refractivity contribution in [2.75, 3.05) is 0 Å². The van der Waals surface area contributed by atoms with Crippen molar-refractivity contribution in [2.45, 2.75) is 57.9 Å². The molecular weight excluding hydrogens is 206 g/mol. The van der Waals surface area contributed by atoms with Crippen molar-refractivity contribution in [1.82, 2.24) is 0 Å². The average molecular weight is 231 g/mol. The molecular formula is C16H25N. The normalized spacial score (nSPS) is 26.2. The summed E-state index contributed by atoms with van der Waals surface area (Å²) in [4.78, 5) is 0. The second-order valence-electron chi connectivity index (χ2n) is 5.61. The molecule has 1 aromatic carbocycles. The van der Waals surface area contributed by atoms with E-state index < -0.39 is 0 Å². The summed E-state index contributed by atoms with van der Waals surface area (Å²) in [5.41, 5.74) is 8.41. The lowest BCUT2D eigenvalue weighted by Crippen LogP contribution is -2.07. The Balaban J connectivity index is 2.03. The molecule has 0 spiro atoms. The Morgan fingerprint density at radius 1 is 1.00 bits per heavy atom. The number of nitrogens with two attached hydrogens (primary N) is 1. The van der Waals surface area contributed by atoms with E-state index in [1.54, 1.807) is 0 Å². The molecule has 2 rings (SSSR count). The first kappa shape index (κ1) is 12.6. The van der Waals surface area contributed by atoms with Gasteiger partial charge in [-0.1, -0.05) is 56.9 Å². The number of rotatable bonds is 2. The predicted octanol–water partition coefficient (Wildman–Crippen LogP) is 4.22. The molecule has 1 aliphatic carbocycles. The van der Waals surface area contributed by atoms with Gasteiger partial charge in [-0.3, -0.25) is 0 Å². The molecule has 0 radical (unpaired) electrons. The van der Waals surface area contributed by atoms with Crippen LogP contribution < -0.4 is 5.73 Å². The van der Waals surface area contributed by atoms with Crippen LogP contribution in [0.25, 0.3) is 0 Å². The van der Waals surface area contributed by atoms with Crippen LogP contribution in [0.3, 0.4) is 0 Å². The number of hydrogen-bond donors (Lipinski definition) is 1. The molecule has 1 heteroatoms. The summed E-state index contributed by atoms with van der Waals surface area (Å²) in [6.07, 6.45) is 8.37. The Hall–Kier alpha value is -0.820. The lowest BCUT2D eigenvalue weighted by Gasteiger charge is -2.23. The van der Waals surface area contributed by atoms with E-state index in [0.29, 0.717) is 6.54 Å². The van der Waals surface area contributed by atoms with Crippen LogP contribution in [-0.4, -0.2) is 0 Å². The van der Waals surface area contributed by atoms with Crippen LogP contribution in [0.15, 0.2) is 24.3 Å². The number of benzene rings is 1. The third-order valence-corrected chi connectivity index (χ3v) is 4.19. The summed E-state index contributed by atoms with van der Waals surface area (Å²) in [6, 6.07) is 8.97. The van der Waals surface area contributed by atoms with Gasteiger partial charge in [0.25, 0.3) is 0 Å². The molecule has 0 bridgehead atoms. The first-order valence-corrected chi connectivity index (χ1v) is 7.08. The van der Waals surface area contributed by atoms with Crippen LogP contribution in [0.1, 0.15) is 62.5 Å². The van der Waals surface area contributed by atoms with Crippen molar-refractivity contribution in [1.29, 1.82) is 0 Å². The van der Waals surface area contributed by atoms with Crippen molar-refractivity contribution in [3.8, 4) is 0 Å². The Morgan fingerprint density at radius 2 is 1.71 bits per heavy atom. The van der Waals surface area contributed by atoms with E-state index in [4.69, 9.17) is 5.73 Å². The summed E-state index contributed by atoms with van der Waals surface area (Å²) >= 11 is 0. The van der Waals surface area contributed by atoms with Crippen LogP contribution in [-0.2, 0) is 6.54 Å². The van der Waals surface area contributed by atoms with Crippen LogP contribution in [0, 0.1) is 5.92 Å². The zero-order valence-electron chi connectivity index (χ0n) is 11.0. The van der Waals surface area contributed by atoms with Crippen LogP contribution in [0.2, 0.25) is 0 Å². The molecule has 0 aromatic heterocycles. The van der Waals surface area contributed by atoms with Crippen LogP contribution >= 0.6 is 0 Å². The van der Waals surface area contributed by atoms with Gasteiger partial charge in [0.15, 0.2) is 0 Å². The Kier molecular flexibility index (Phi) is 4.61. The van der Waals surface area contributed by atoms with E-state index in [9.17, 15) is 0 Å². The van der Waals surface area contributed by atoms with E-state index >= 15 is 0 Å². The topological polar surface area (TPSA) is 26.0 Å². The fraction of sp³-hybridized carbons (Fsp3) is 0.625. The minimum Gasteiger partial charge on any atom is -0.326 e. The molecule has 1 fully saturated rings. The highest BCUT2D eigenvalue weighted by molar-refractivity contribution is 5.25. The third-order valence-electron chi connectivity index (χ3n) is 4.19. The first-order chi connectivity index (χ1) is 8.29. The summed E-state index contributed by atoms with van der Waals surface area (Å²) in [5, 5.41) is 0. The zero-order valence-corrected chi connectivity index (χ0v) is 11.0. The van der Waals surface area contributed by atoms with Gasteiger partial charge in [-0.05, 0) is 35.8 Å². The van der Waals surface area contributed by atoms with E-state index in [0.717, 1.165) is 11.8 Å². The lowest BCUT2D eigenvalue weighted by atomic mass is 9.82. The summed E-state index contributed by atoms with van der Waals surface area (Å²) in [6.45, 7) is 3.06. The molecule has 0 amide bonds. The second-order valence-corrected chi connectivity index (χ2v) is 5.61. The van der Waals surface area contributed by atoms with Crippen molar-refractivity contribution in [3.05, 3.63) is 35.4 Å². The van der Waals surface area contributed by atoms with E-state index in [1.165, 1.54) is 49.7 Å². The summed E-state index contributed by atoms with van der Waals surface area (Å²) in [7, 11) is 0. The maximum Gasteiger partial charge on any atom is 0.0178 e. The third kappa shape index (κ3) is 3.57. The fourth-order valence-electron chi connectivity index (χ4n) is 2.92. The smallest absolute Gasteiger partial charge is 0.0178 e. The maximum absolute atomic E-state index is 5.64. The van der Waals surface area contributed by atoms with Gasteiger partial charge in [-0.25, -0.2) is 0 Å². The molecule has 1 aromatic rings. The van der Waals surface area contributed by atoms with Gasteiger partial charge in [-0.2, -0.15) is 0 Å². The Bertz CT molecular complexity index is 328. The largest absolute Gasteiger partial charge is 0.326 e. The van der Waals surface area contributed by atoms with Crippen molar-refractivity contribution in [3.63, 3.8) is 0 Å². The van der Waals surface area contributed by atoms with Gasteiger partial charge in [0.2, 0.25) is 0 Å². The molecule has 2 unspecified atom stereocenters. The average Bonchev–Trinajstić information content (AvgIpc) is 2.35. The highest BCUT2D eigenvalue weighted by atomic mass is 14.5. The molecule has 94 valence electrons. The van der Waals surface area contributed by atoms with E-state index in [2.05, 4.69) is 31.2 Å². The summed E-state index contributed by atoms with van der Waals surface area (Å²) in [5.74, 6) is 1.70. The Morgan fingerprint density at radius 3 is 2.41 bits per heavy atom. The molecule has 0 aliphatic heterocycles. The fourth-order valence-corrected chi connectivity index (χ4v) is 2.92. The van der Waals surface area contributed by atoms with Gasteiger partial charge in [0.1, 0.15) is 0 Å². The molecule has 1 saturated carbocycles. The van der Waals surface area contributed by atoms with Gasteiger partial charge in [0, 0.05) is 6.54 Å². The zero-order chi connectivity index (χ0) is 12.1. The molecule has 0 saturated heterocycles.